The molecule has 0 aliphatic carbocycles. The molecular formula is C17H13N3OS2. The number of hydrogen-bond acceptors (Lipinski definition) is 5. The second-order valence-electron chi connectivity index (χ2n) is 5.38. The quantitative estimate of drug-likeness (QED) is 0.564. The van der Waals surface area contributed by atoms with Crippen LogP contribution in [0.1, 0.15) is 16.0 Å². The van der Waals surface area contributed by atoms with Crippen LogP contribution in [-0.2, 0) is 0 Å². The van der Waals surface area contributed by atoms with Gasteiger partial charge in [0.1, 0.15) is 0 Å². The van der Waals surface area contributed by atoms with E-state index in [1.807, 2.05) is 55.6 Å². The maximum atomic E-state index is 12.5. The first-order valence-electron chi connectivity index (χ1n) is 7.14. The molecule has 0 aliphatic rings. The van der Waals surface area contributed by atoms with E-state index in [-0.39, 0.29) is 5.56 Å². The van der Waals surface area contributed by atoms with Gasteiger partial charge in [-0.2, -0.15) is 9.50 Å². The predicted octanol–water partition coefficient (Wildman–Crippen LogP) is 3.04. The van der Waals surface area contributed by atoms with Gasteiger partial charge in [-0.3, -0.25) is 4.79 Å². The molecule has 0 fully saturated rings. The molecule has 4 nitrogen and oxygen atoms in total. The topological polar surface area (TPSA) is 47.3 Å². The van der Waals surface area contributed by atoms with Gasteiger partial charge in [0.2, 0.25) is 4.96 Å². The number of aromatic nitrogens is 3. The van der Waals surface area contributed by atoms with E-state index in [0.717, 1.165) is 10.4 Å². The van der Waals surface area contributed by atoms with Crippen LogP contribution in [0.3, 0.4) is 0 Å². The van der Waals surface area contributed by atoms with E-state index in [9.17, 15) is 4.79 Å². The zero-order chi connectivity index (χ0) is 16.0. The van der Waals surface area contributed by atoms with E-state index >= 15 is 0 Å². The summed E-state index contributed by atoms with van der Waals surface area (Å²) in [5.41, 5.74) is 3.17. The molecule has 4 rings (SSSR count). The Bertz CT molecular complexity index is 1100. The van der Waals surface area contributed by atoms with Gasteiger partial charge < -0.3 is 0 Å². The van der Waals surface area contributed by atoms with Crippen LogP contribution in [0.15, 0.2) is 40.5 Å². The third kappa shape index (κ3) is 2.50. The van der Waals surface area contributed by atoms with Crippen LogP contribution in [0.25, 0.3) is 22.4 Å². The van der Waals surface area contributed by atoms with E-state index < -0.39 is 0 Å². The number of thiophene rings is 1. The Morgan fingerprint density at radius 3 is 2.57 bits per heavy atom. The number of aryl methyl sites for hydroxylation is 2. The minimum Gasteiger partial charge on any atom is -0.266 e. The van der Waals surface area contributed by atoms with Crippen molar-refractivity contribution in [1.29, 1.82) is 0 Å². The average molecular weight is 339 g/mol. The monoisotopic (exact) mass is 339 g/mol. The van der Waals surface area contributed by atoms with Crippen LogP contribution in [0.2, 0.25) is 0 Å². The van der Waals surface area contributed by atoms with E-state index in [4.69, 9.17) is 0 Å². The Morgan fingerprint density at radius 2 is 1.91 bits per heavy atom. The normalized spacial score (nSPS) is 12.3. The molecule has 3 heterocycles. The van der Waals surface area contributed by atoms with Crippen molar-refractivity contribution < 1.29 is 0 Å². The smallest absolute Gasteiger partial charge is 0.266 e. The molecule has 0 amide bonds. The molecule has 0 atom stereocenters. The minimum atomic E-state index is -0.108. The van der Waals surface area contributed by atoms with Crippen molar-refractivity contribution in [3.63, 3.8) is 0 Å². The molecule has 0 radical (unpaired) electrons. The number of hydrogen-bond donors (Lipinski definition) is 0. The molecule has 6 heteroatoms. The molecule has 114 valence electrons. The molecular weight excluding hydrogens is 326 g/mol. The summed E-state index contributed by atoms with van der Waals surface area (Å²) < 4.78 is 2.07. The van der Waals surface area contributed by atoms with Gasteiger partial charge in [-0.1, -0.05) is 41.2 Å². The lowest BCUT2D eigenvalue weighted by Gasteiger charge is -1.95. The van der Waals surface area contributed by atoms with Crippen LogP contribution in [0.5, 0.6) is 0 Å². The third-order valence-electron chi connectivity index (χ3n) is 3.66. The van der Waals surface area contributed by atoms with Crippen LogP contribution in [0.4, 0.5) is 0 Å². The van der Waals surface area contributed by atoms with Crippen LogP contribution in [-0.4, -0.2) is 14.6 Å². The van der Waals surface area contributed by atoms with Gasteiger partial charge in [-0.25, -0.2) is 0 Å². The lowest BCUT2D eigenvalue weighted by Crippen LogP contribution is -2.23. The van der Waals surface area contributed by atoms with Crippen molar-refractivity contribution in [1.82, 2.24) is 14.6 Å². The summed E-state index contributed by atoms with van der Waals surface area (Å²) in [6.07, 6.45) is 1.93. The Balaban J connectivity index is 1.84. The Labute approximate surface area is 140 Å². The van der Waals surface area contributed by atoms with Crippen molar-refractivity contribution in [3.8, 4) is 11.4 Å². The van der Waals surface area contributed by atoms with Crippen molar-refractivity contribution in [2.24, 2.45) is 0 Å². The van der Waals surface area contributed by atoms with Crippen LogP contribution in [0, 0.1) is 13.8 Å². The van der Waals surface area contributed by atoms with Crippen molar-refractivity contribution >= 4 is 33.7 Å². The van der Waals surface area contributed by atoms with E-state index in [1.54, 1.807) is 11.3 Å². The highest BCUT2D eigenvalue weighted by Crippen LogP contribution is 2.18. The predicted molar refractivity (Wildman–Crippen MR) is 95.1 cm³/mol. The lowest BCUT2D eigenvalue weighted by molar-refractivity contribution is 0.937. The summed E-state index contributed by atoms with van der Waals surface area (Å²) in [6, 6.07) is 10.0. The molecule has 23 heavy (non-hydrogen) atoms. The zero-order valence-electron chi connectivity index (χ0n) is 12.6. The second kappa shape index (κ2) is 5.40. The fourth-order valence-corrected chi connectivity index (χ4v) is 4.13. The van der Waals surface area contributed by atoms with Gasteiger partial charge in [0.25, 0.3) is 5.56 Å². The molecule has 0 bridgehead atoms. The highest BCUT2D eigenvalue weighted by molar-refractivity contribution is 7.15. The van der Waals surface area contributed by atoms with Gasteiger partial charge in [0.05, 0.1) is 4.53 Å². The molecule has 0 aliphatic heterocycles. The zero-order valence-corrected chi connectivity index (χ0v) is 14.2. The van der Waals surface area contributed by atoms with E-state index in [1.165, 1.54) is 27.0 Å². The van der Waals surface area contributed by atoms with Gasteiger partial charge in [0, 0.05) is 10.4 Å². The number of nitrogens with zero attached hydrogens (tertiary/aromatic N) is 3. The first-order chi connectivity index (χ1) is 11.1. The molecule has 0 N–H and O–H groups in total. The molecule has 3 aromatic heterocycles. The first-order valence-corrected chi connectivity index (χ1v) is 8.84. The third-order valence-corrected chi connectivity index (χ3v) is 5.58. The van der Waals surface area contributed by atoms with Crippen molar-refractivity contribution in [3.05, 3.63) is 66.6 Å². The summed E-state index contributed by atoms with van der Waals surface area (Å²) in [5.74, 6) is 0.590. The Morgan fingerprint density at radius 1 is 1.13 bits per heavy atom. The summed E-state index contributed by atoms with van der Waals surface area (Å²) >= 11 is 3.01. The molecule has 1 aromatic carbocycles. The Kier molecular flexibility index (Phi) is 3.36. The fourth-order valence-electron chi connectivity index (χ4n) is 2.31. The maximum Gasteiger partial charge on any atom is 0.291 e. The van der Waals surface area contributed by atoms with Gasteiger partial charge in [-0.15, -0.1) is 16.4 Å². The number of rotatable bonds is 2. The Hall–Kier alpha value is -2.31. The van der Waals surface area contributed by atoms with Crippen molar-refractivity contribution in [2.45, 2.75) is 13.8 Å². The SMILES string of the molecule is Cc1ccc(-c2nc3s/c(=C\c4sccc4C)c(=O)n3n2)cc1. The number of benzene rings is 1. The van der Waals surface area contributed by atoms with Crippen molar-refractivity contribution in [2.75, 3.05) is 0 Å². The first kappa shape index (κ1) is 14.3. The van der Waals surface area contributed by atoms with E-state index in [0.29, 0.717) is 15.3 Å². The number of thiazole rings is 1. The summed E-state index contributed by atoms with van der Waals surface area (Å²) in [6.45, 7) is 4.08. The number of fused-ring (bicyclic) bond motifs is 1. The molecule has 0 unspecified atom stereocenters. The summed E-state index contributed by atoms with van der Waals surface area (Å²) in [7, 11) is 0. The second-order valence-corrected chi connectivity index (χ2v) is 7.34. The van der Waals surface area contributed by atoms with Crippen LogP contribution < -0.4 is 10.1 Å². The fraction of sp³-hybridized carbons (Fsp3) is 0.118. The highest BCUT2D eigenvalue weighted by atomic mass is 32.1. The summed E-state index contributed by atoms with van der Waals surface area (Å²) in [5, 5.41) is 6.40. The maximum absolute atomic E-state index is 12.5. The van der Waals surface area contributed by atoms with E-state index in [2.05, 4.69) is 10.1 Å². The highest BCUT2D eigenvalue weighted by Gasteiger charge is 2.12. The van der Waals surface area contributed by atoms with Gasteiger partial charge in [-0.05, 0) is 36.9 Å². The lowest BCUT2D eigenvalue weighted by atomic mass is 10.1. The molecule has 0 saturated heterocycles. The summed E-state index contributed by atoms with van der Waals surface area (Å²) in [4.78, 5) is 18.7. The standard InChI is InChI=1S/C17H13N3OS2/c1-10-3-5-12(6-4-10)15-18-17-20(19-15)16(21)14(23-17)9-13-11(2)7-8-22-13/h3-9H,1-2H3/b14-9-. The minimum absolute atomic E-state index is 0.108. The van der Waals surface area contributed by atoms with Gasteiger partial charge >= 0.3 is 0 Å². The molecule has 4 aromatic rings. The average Bonchev–Trinajstić information content (AvgIpc) is 3.20. The molecule has 0 saturated carbocycles. The largest absolute Gasteiger partial charge is 0.291 e. The molecule has 0 spiro atoms. The van der Waals surface area contributed by atoms with Gasteiger partial charge in [0.15, 0.2) is 5.82 Å². The van der Waals surface area contributed by atoms with Crippen LogP contribution >= 0.6 is 22.7 Å².